The van der Waals surface area contributed by atoms with Crippen LogP contribution in [0.15, 0.2) is 6.20 Å². The van der Waals surface area contributed by atoms with Crippen LogP contribution in [-0.2, 0) is 13.1 Å². The fourth-order valence-corrected chi connectivity index (χ4v) is 2.40. The fourth-order valence-electron chi connectivity index (χ4n) is 2.40. The number of rotatable bonds is 6. The van der Waals surface area contributed by atoms with Crippen LogP contribution < -0.4 is 5.32 Å². The fraction of sp³-hybridized carbons (Fsp3) is 0.833. The quantitative estimate of drug-likeness (QED) is 0.774. The smallest absolute Gasteiger partial charge is 0.0964 e. The Morgan fingerprint density at radius 1 is 1.53 bits per heavy atom. The summed E-state index contributed by atoms with van der Waals surface area (Å²) in [7, 11) is 0. The average molecular weight is 238 g/mol. The Kier molecular flexibility index (Phi) is 4.50. The highest BCUT2D eigenvalue weighted by Gasteiger charge is 2.20. The summed E-state index contributed by atoms with van der Waals surface area (Å²) in [6.45, 7) is 4.06. The molecule has 2 N–H and O–H groups in total. The molecule has 1 fully saturated rings. The second kappa shape index (κ2) is 6.12. The van der Waals surface area contributed by atoms with Gasteiger partial charge in [-0.15, -0.1) is 5.10 Å². The minimum Gasteiger partial charge on any atom is -0.396 e. The summed E-state index contributed by atoms with van der Waals surface area (Å²) in [5.41, 5.74) is 0.988. The van der Waals surface area contributed by atoms with Gasteiger partial charge in [0, 0.05) is 31.9 Å². The Morgan fingerprint density at radius 2 is 2.41 bits per heavy atom. The summed E-state index contributed by atoms with van der Waals surface area (Å²) in [4.78, 5) is 0. The number of aliphatic hydroxyl groups excluding tert-OH is 1. The van der Waals surface area contributed by atoms with Gasteiger partial charge < -0.3 is 10.4 Å². The van der Waals surface area contributed by atoms with E-state index in [-0.39, 0.29) is 6.61 Å². The Labute approximate surface area is 102 Å². The van der Waals surface area contributed by atoms with E-state index in [1.807, 2.05) is 6.20 Å². The Hall–Kier alpha value is -0.940. The van der Waals surface area contributed by atoms with Crippen molar-refractivity contribution in [1.82, 2.24) is 20.3 Å². The van der Waals surface area contributed by atoms with Crippen LogP contribution >= 0.6 is 0 Å². The number of hydrogen-bond acceptors (Lipinski definition) is 4. The standard InChI is InChI=1S/C12H22N4O/c1-10-3-4-11(7-10)13-8-12-9-16(15-14-12)5-2-6-17/h9-11,13,17H,2-8H2,1H3. The molecular weight excluding hydrogens is 216 g/mol. The minimum absolute atomic E-state index is 0.202. The van der Waals surface area contributed by atoms with E-state index in [0.29, 0.717) is 6.04 Å². The predicted octanol–water partition coefficient (Wildman–Crippen LogP) is 0.939. The van der Waals surface area contributed by atoms with Gasteiger partial charge in [-0.05, 0) is 31.6 Å². The molecule has 0 amide bonds. The molecule has 1 heterocycles. The van der Waals surface area contributed by atoms with Gasteiger partial charge in [0.1, 0.15) is 0 Å². The van der Waals surface area contributed by atoms with E-state index >= 15 is 0 Å². The maximum atomic E-state index is 8.73. The van der Waals surface area contributed by atoms with E-state index in [0.717, 1.165) is 31.1 Å². The molecule has 0 saturated heterocycles. The summed E-state index contributed by atoms with van der Waals surface area (Å²) < 4.78 is 1.80. The van der Waals surface area contributed by atoms with Crippen molar-refractivity contribution in [2.24, 2.45) is 5.92 Å². The second-order valence-corrected chi connectivity index (χ2v) is 5.05. The maximum absolute atomic E-state index is 8.73. The molecule has 0 bridgehead atoms. The van der Waals surface area contributed by atoms with Gasteiger partial charge in [-0.25, -0.2) is 0 Å². The molecule has 1 aliphatic carbocycles. The molecule has 1 saturated carbocycles. The highest BCUT2D eigenvalue weighted by molar-refractivity contribution is 4.93. The van der Waals surface area contributed by atoms with Crippen molar-refractivity contribution in [3.05, 3.63) is 11.9 Å². The largest absolute Gasteiger partial charge is 0.396 e. The van der Waals surface area contributed by atoms with Crippen LogP contribution in [0.3, 0.4) is 0 Å². The number of aromatic nitrogens is 3. The third-order valence-corrected chi connectivity index (χ3v) is 3.40. The van der Waals surface area contributed by atoms with Crippen molar-refractivity contribution in [2.45, 2.75) is 51.7 Å². The molecule has 0 aromatic carbocycles. The van der Waals surface area contributed by atoms with Gasteiger partial charge in [-0.2, -0.15) is 0 Å². The Balaban J connectivity index is 1.73. The Bertz CT molecular complexity index is 339. The normalized spacial score (nSPS) is 24.4. The van der Waals surface area contributed by atoms with Gasteiger partial charge in [0.15, 0.2) is 0 Å². The molecule has 2 unspecified atom stereocenters. The van der Waals surface area contributed by atoms with Crippen LogP contribution in [0, 0.1) is 5.92 Å². The third kappa shape index (κ3) is 3.78. The van der Waals surface area contributed by atoms with E-state index < -0.39 is 0 Å². The van der Waals surface area contributed by atoms with Crippen molar-refractivity contribution in [2.75, 3.05) is 6.61 Å². The highest BCUT2D eigenvalue weighted by atomic mass is 16.3. The van der Waals surface area contributed by atoms with Crippen LogP contribution in [0.1, 0.15) is 38.3 Å². The molecule has 5 heteroatoms. The minimum atomic E-state index is 0.202. The first-order valence-corrected chi connectivity index (χ1v) is 6.51. The number of aryl methyl sites for hydroxylation is 1. The molecule has 0 spiro atoms. The monoisotopic (exact) mass is 238 g/mol. The summed E-state index contributed by atoms with van der Waals surface area (Å²) in [6, 6.07) is 0.646. The molecule has 5 nitrogen and oxygen atoms in total. The van der Waals surface area contributed by atoms with Gasteiger partial charge >= 0.3 is 0 Å². The van der Waals surface area contributed by atoms with Crippen LogP contribution in [0.5, 0.6) is 0 Å². The molecule has 17 heavy (non-hydrogen) atoms. The first-order valence-electron chi connectivity index (χ1n) is 6.51. The molecule has 2 atom stereocenters. The molecule has 1 aliphatic rings. The molecular formula is C12H22N4O. The molecule has 0 radical (unpaired) electrons. The second-order valence-electron chi connectivity index (χ2n) is 5.05. The van der Waals surface area contributed by atoms with E-state index in [1.165, 1.54) is 19.3 Å². The van der Waals surface area contributed by atoms with Gasteiger partial charge in [0.05, 0.1) is 5.69 Å². The van der Waals surface area contributed by atoms with Crippen molar-refractivity contribution in [3.63, 3.8) is 0 Å². The van der Waals surface area contributed by atoms with Gasteiger partial charge in [-0.1, -0.05) is 12.1 Å². The SMILES string of the molecule is CC1CCC(NCc2cn(CCCO)nn2)C1. The first kappa shape index (κ1) is 12.5. The van der Waals surface area contributed by atoms with Crippen LogP contribution in [0.2, 0.25) is 0 Å². The van der Waals surface area contributed by atoms with Gasteiger partial charge in [0.25, 0.3) is 0 Å². The van der Waals surface area contributed by atoms with E-state index in [2.05, 4.69) is 22.6 Å². The lowest BCUT2D eigenvalue weighted by Crippen LogP contribution is -2.25. The van der Waals surface area contributed by atoms with Gasteiger partial charge in [-0.3, -0.25) is 4.68 Å². The zero-order chi connectivity index (χ0) is 12.1. The van der Waals surface area contributed by atoms with Crippen molar-refractivity contribution in [3.8, 4) is 0 Å². The van der Waals surface area contributed by atoms with Crippen molar-refractivity contribution < 1.29 is 5.11 Å². The zero-order valence-corrected chi connectivity index (χ0v) is 10.5. The maximum Gasteiger partial charge on any atom is 0.0964 e. The summed E-state index contributed by atoms with van der Waals surface area (Å²) in [6.07, 6.45) is 6.58. The lowest BCUT2D eigenvalue weighted by molar-refractivity contribution is 0.276. The number of nitrogens with zero attached hydrogens (tertiary/aromatic N) is 3. The van der Waals surface area contributed by atoms with Gasteiger partial charge in [0.2, 0.25) is 0 Å². The lowest BCUT2D eigenvalue weighted by Gasteiger charge is -2.10. The third-order valence-electron chi connectivity index (χ3n) is 3.40. The molecule has 0 aliphatic heterocycles. The molecule has 2 rings (SSSR count). The molecule has 1 aromatic heterocycles. The van der Waals surface area contributed by atoms with E-state index in [9.17, 15) is 0 Å². The highest BCUT2D eigenvalue weighted by Crippen LogP contribution is 2.24. The van der Waals surface area contributed by atoms with Crippen LogP contribution in [0.25, 0.3) is 0 Å². The van der Waals surface area contributed by atoms with Crippen LogP contribution in [-0.4, -0.2) is 32.7 Å². The van der Waals surface area contributed by atoms with E-state index in [1.54, 1.807) is 4.68 Å². The zero-order valence-electron chi connectivity index (χ0n) is 10.5. The van der Waals surface area contributed by atoms with Crippen LogP contribution in [0.4, 0.5) is 0 Å². The average Bonchev–Trinajstić information content (AvgIpc) is 2.93. The number of nitrogens with one attached hydrogen (secondary N) is 1. The predicted molar refractivity (Wildman–Crippen MR) is 65.4 cm³/mol. The molecule has 1 aromatic rings. The number of aliphatic hydroxyl groups is 1. The summed E-state index contributed by atoms with van der Waals surface area (Å²) in [5, 5.41) is 20.4. The molecule has 96 valence electrons. The lowest BCUT2D eigenvalue weighted by atomic mass is 10.1. The first-order chi connectivity index (χ1) is 8.28. The van der Waals surface area contributed by atoms with Crippen molar-refractivity contribution >= 4 is 0 Å². The summed E-state index contributed by atoms with van der Waals surface area (Å²) in [5.74, 6) is 0.854. The van der Waals surface area contributed by atoms with E-state index in [4.69, 9.17) is 5.11 Å². The van der Waals surface area contributed by atoms with Crippen molar-refractivity contribution in [1.29, 1.82) is 0 Å². The summed E-state index contributed by atoms with van der Waals surface area (Å²) >= 11 is 0. The Morgan fingerprint density at radius 3 is 3.12 bits per heavy atom. The number of hydrogen-bond donors (Lipinski definition) is 2. The topological polar surface area (TPSA) is 63.0 Å².